The fourth-order valence-electron chi connectivity index (χ4n) is 2.53. The number of unbranched alkanes of at least 4 members (excludes halogenated alkanes) is 12. The Balaban J connectivity index is 3.06. The SMILES string of the molecule is CCCCCCCCCCCCCCCC(N)(O)CO. The van der Waals surface area contributed by atoms with Crippen LogP contribution >= 0.6 is 0 Å². The number of rotatable bonds is 15. The van der Waals surface area contributed by atoms with Gasteiger partial charge < -0.3 is 15.9 Å². The third-order valence-electron chi connectivity index (χ3n) is 3.99. The molecule has 0 saturated heterocycles. The number of aliphatic hydroxyl groups is 2. The Kier molecular flexibility index (Phi) is 13.8. The first kappa shape index (κ1) is 19.9. The summed E-state index contributed by atoms with van der Waals surface area (Å²) in [6.07, 6.45) is 17.5. The molecular weight excluding hydrogens is 250 g/mol. The normalized spacial score (nSPS) is 14.4. The Hall–Kier alpha value is -0.120. The molecule has 0 saturated carbocycles. The molecule has 0 aromatic rings. The van der Waals surface area contributed by atoms with Crippen LogP contribution in [0.25, 0.3) is 0 Å². The van der Waals surface area contributed by atoms with Gasteiger partial charge in [0.15, 0.2) is 0 Å². The Morgan fingerprint density at radius 3 is 1.40 bits per heavy atom. The number of hydrogen-bond donors (Lipinski definition) is 3. The smallest absolute Gasteiger partial charge is 0.136 e. The lowest BCUT2D eigenvalue weighted by molar-refractivity contribution is -0.0177. The highest BCUT2D eigenvalue weighted by atomic mass is 16.3. The van der Waals surface area contributed by atoms with E-state index >= 15 is 0 Å². The highest BCUT2D eigenvalue weighted by Gasteiger charge is 2.17. The zero-order chi connectivity index (χ0) is 15.1. The summed E-state index contributed by atoms with van der Waals surface area (Å²) in [6, 6.07) is 0. The van der Waals surface area contributed by atoms with Gasteiger partial charge in [-0.05, 0) is 12.8 Å². The standard InChI is InChI=1S/C17H37NO2/c1-2-3-4-5-6-7-8-9-10-11-12-13-14-15-17(18,20)16-19/h19-20H,2-16,18H2,1H3. The van der Waals surface area contributed by atoms with Crippen LogP contribution in [0.1, 0.15) is 96.8 Å². The van der Waals surface area contributed by atoms with Crippen molar-refractivity contribution in [2.45, 2.75) is 103 Å². The van der Waals surface area contributed by atoms with E-state index < -0.39 is 5.72 Å². The second kappa shape index (κ2) is 13.8. The van der Waals surface area contributed by atoms with Crippen LogP contribution in [0, 0.1) is 0 Å². The third kappa shape index (κ3) is 14.3. The molecule has 0 aromatic heterocycles. The van der Waals surface area contributed by atoms with Crippen LogP contribution in [0.15, 0.2) is 0 Å². The van der Waals surface area contributed by atoms with Crippen LogP contribution in [0.2, 0.25) is 0 Å². The van der Waals surface area contributed by atoms with E-state index in [2.05, 4.69) is 6.92 Å². The molecule has 0 rings (SSSR count). The van der Waals surface area contributed by atoms with Crippen molar-refractivity contribution in [3.63, 3.8) is 0 Å². The number of nitrogens with two attached hydrogens (primary N) is 1. The lowest BCUT2D eigenvalue weighted by Crippen LogP contribution is -2.43. The van der Waals surface area contributed by atoms with E-state index in [1.54, 1.807) is 0 Å². The molecule has 0 aliphatic heterocycles. The summed E-state index contributed by atoms with van der Waals surface area (Å²) in [5.74, 6) is 0. The zero-order valence-electron chi connectivity index (χ0n) is 13.6. The summed E-state index contributed by atoms with van der Waals surface area (Å²) in [5, 5.41) is 18.2. The van der Waals surface area contributed by atoms with Crippen molar-refractivity contribution in [2.24, 2.45) is 5.73 Å². The minimum absolute atomic E-state index is 0.342. The van der Waals surface area contributed by atoms with E-state index in [-0.39, 0.29) is 6.61 Å². The molecule has 122 valence electrons. The summed E-state index contributed by atoms with van der Waals surface area (Å²) in [4.78, 5) is 0. The molecule has 0 spiro atoms. The summed E-state index contributed by atoms with van der Waals surface area (Å²) in [5.41, 5.74) is 4.10. The van der Waals surface area contributed by atoms with Crippen LogP contribution in [-0.4, -0.2) is 22.5 Å². The monoisotopic (exact) mass is 287 g/mol. The van der Waals surface area contributed by atoms with Gasteiger partial charge in [0.05, 0.1) is 6.61 Å². The molecule has 0 aliphatic rings. The highest BCUT2D eigenvalue weighted by Crippen LogP contribution is 2.14. The van der Waals surface area contributed by atoms with Crippen LogP contribution < -0.4 is 5.73 Å². The first-order chi connectivity index (χ1) is 9.62. The van der Waals surface area contributed by atoms with Gasteiger partial charge in [0.1, 0.15) is 5.72 Å². The van der Waals surface area contributed by atoms with Crippen molar-refractivity contribution < 1.29 is 10.2 Å². The van der Waals surface area contributed by atoms with Crippen LogP contribution in [0.3, 0.4) is 0 Å². The molecule has 0 heterocycles. The van der Waals surface area contributed by atoms with Crippen molar-refractivity contribution in [3.8, 4) is 0 Å². The molecule has 1 unspecified atom stereocenters. The van der Waals surface area contributed by atoms with Crippen LogP contribution in [-0.2, 0) is 0 Å². The largest absolute Gasteiger partial charge is 0.392 e. The van der Waals surface area contributed by atoms with Gasteiger partial charge in [-0.2, -0.15) is 0 Å². The zero-order valence-corrected chi connectivity index (χ0v) is 13.6. The fraction of sp³-hybridized carbons (Fsp3) is 1.00. The van der Waals surface area contributed by atoms with Crippen molar-refractivity contribution >= 4 is 0 Å². The average Bonchev–Trinajstić information content (AvgIpc) is 2.44. The molecule has 0 aliphatic carbocycles. The maximum Gasteiger partial charge on any atom is 0.136 e. The summed E-state index contributed by atoms with van der Waals surface area (Å²) in [7, 11) is 0. The summed E-state index contributed by atoms with van der Waals surface area (Å²) < 4.78 is 0. The fourth-order valence-corrected chi connectivity index (χ4v) is 2.53. The van der Waals surface area contributed by atoms with Gasteiger partial charge in [0, 0.05) is 0 Å². The molecule has 4 N–H and O–H groups in total. The van der Waals surface area contributed by atoms with Gasteiger partial charge in [0.2, 0.25) is 0 Å². The van der Waals surface area contributed by atoms with E-state index in [9.17, 15) is 5.11 Å². The lowest BCUT2D eigenvalue weighted by Gasteiger charge is -2.19. The average molecular weight is 287 g/mol. The quantitative estimate of drug-likeness (QED) is 0.314. The van der Waals surface area contributed by atoms with Crippen molar-refractivity contribution in [3.05, 3.63) is 0 Å². The lowest BCUT2D eigenvalue weighted by atomic mass is 10.0. The molecule has 3 nitrogen and oxygen atoms in total. The minimum Gasteiger partial charge on any atom is -0.392 e. The maximum absolute atomic E-state index is 9.43. The van der Waals surface area contributed by atoms with E-state index in [1.165, 1.54) is 70.6 Å². The van der Waals surface area contributed by atoms with Gasteiger partial charge in [-0.1, -0.05) is 84.0 Å². The topological polar surface area (TPSA) is 66.5 Å². The summed E-state index contributed by atoms with van der Waals surface area (Å²) in [6.45, 7) is 1.92. The Labute approximate surface area is 126 Å². The van der Waals surface area contributed by atoms with Gasteiger partial charge >= 0.3 is 0 Å². The van der Waals surface area contributed by atoms with E-state index in [1.807, 2.05) is 0 Å². The molecule has 20 heavy (non-hydrogen) atoms. The van der Waals surface area contributed by atoms with Gasteiger partial charge in [0.25, 0.3) is 0 Å². The van der Waals surface area contributed by atoms with Crippen LogP contribution in [0.4, 0.5) is 0 Å². The Morgan fingerprint density at radius 2 is 1.05 bits per heavy atom. The predicted molar refractivity (Wildman–Crippen MR) is 86.5 cm³/mol. The number of hydrogen-bond acceptors (Lipinski definition) is 3. The summed E-state index contributed by atoms with van der Waals surface area (Å²) >= 11 is 0. The molecule has 0 bridgehead atoms. The first-order valence-corrected chi connectivity index (χ1v) is 8.74. The van der Waals surface area contributed by atoms with E-state index in [0.717, 1.165) is 12.8 Å². The van der Waals surface area contributed by atoms with Crippen molar-refractivity contribution in [2.75, 3.05) is 6.61 Å². The van der Waals surface area contributed by atoms with Crippen molar-refractivity contribution in [1.82, 2.24) is 0 Å². The molecule has 0 fully saturated rings. The molecular formula is C17H37NO2. The van der Waals surface area contributed by atoms with Gasteiger partial charge in [-0.25, -0.2) is 0 Å². The van der Waals surface area contributed by atoms with Crippen LogP contribution in [0.5, 0.6) is 0 Å². The Morgan fingerprint density at radius 1 is 0.700 bits per heavy atom. The molecule has 3 heteroatoms. The third-order valence-corrected chi connectivity index (χ3v) is 3.99. The number of aliphatic hydroxyl groups excluding tert-OH is 1. The maximum atomic E-state index is 9.43. The van der Waals surface area contributed by atoms with Gasteiger partial charge in [-0.15, -0.1) is 0 Å². The predicted octanol–water partition coefficient (Wildman–Crippen LogP) is 4.11. The second-order valence-electron chi connectivity index (χ2n) is 6.25. The molecule has 0 amide bonds. The second-order valence-corrected chi connectivity index (χ2v) is 6.25. The molecule has 0 aromatic carbocycles. The van der Waals surface area contributed by atoms with Gasteiger partial charge in [-0.3, -0.25) is 0 Å². The molecule has 0 radical (unpaired) electrons. The highest BCUT2D eigenvalue weighted by molar-refractivity contribution is 4.68. The van der Waals surface area contributed by atoms with E-state index in [4.69, 9.17) is 10.8 Å². The minimum atomic E-state index is -1.36. The first-order valence-electron chi connectivity index (χ1n) is 8.74. The van der Waals surface area contributed by atoms with Crippen molar-refractivity contribution in [1.29, 1.82) is 0 Å². The van der Waals surface area contributed by atoms with E-state index in [0.29, 0.717) is 6.42 Å². The Bertz CT molecular complexity index is 195. The molecule has 1 atom stereocenters.